The van der Waals surface area contributed by atoms with Gasteiger partial charge < -0.3 is 9.47 Å². The molecule has 0 unspecified atom stereocenters. The van der Waals surface area contributed by atoms with Gasteiger partial charge in [0.1, 0.15) is 10.6 Å². The van der Waals surface area contributed by atoms with Crippen LogP contribution in [0.2, 0.25) is 0 Å². The molecule has 5 nitrogen and oxygen atoms in total. The smallest absolute Gasteiger partial charge is 0.348 e. The second kappa shape index (κ2) is 6.50. The Morgan fingerprint density at radius 1 is 1.39 bits per heavy atom. The third kappa shape index (κ3) is 2.99. The topological polar surface area (TPSA) is 65.5 Å². The molecule has 120 valence electrons. The number of hydrogen-bond acceptors (Lipinski definition) is 6. The van der Waals surface area contributed by atoms with Crippen molar-refractivity contribution in [1.82, 2.24) is 4.98 Å². The molecule has 0 saturated carbocycles. The highest BCUT2D eigenvalue weighted by Gasteiger charge is 2.31. The van der Waals surface area contributed by atoms with Crippen LogP contribution in [0.5, 0.6) is 10.8 Å². The normalized spacial score (nSPS) is 13.6. The van der Waals surface area contributed by atoms with Crippen molar-refractivity contribution in [2.75, 3.05) is 6.61 Å². The fourth-order valence-corrected chi connectivity index (χ4v) is 3.75. The van der Waals surface area contributed by atoms with E-state index in [0.717, 1.165) is 17.7 Å². The van der Waals surface area contributed by atoms with E-state index in [1.54, 1.807) is 25.3 Å². The summed E-state index contributed by atoms with van der Waals surface area (Å²) in [5.74, 6) is 0.223. The molecule has 0 N–H and O–H groups in total. The number of Topliss-reactive ketones (excluding diaryl/α,β-unsaturated/α-hetero) is 1. The lowest BCUT2D eigenvalue weighted by Gasteiger charge is -2.13. The Bertz CT molecular complexity index is 766. The number of carbonyl (C=O) groups is 2. The van der Waals surface area contributed by atoms with Crippen molar-refractivity contribution in [2.24, 2.45) is 0 Å². The first-order valence-electron chi connectivity index (χ1n) is 7.57. The molecule has 6 heteroatoms. The molecule has 0 saturated heterocycles. The van der Waals surface area contributed by atoms with E-state index in [0.29, 0.717) is 40.7 Å². The molecule has 2 aromatic heterocycles. The van der Waals surface area contributed by atoms with Crippen molar-refractivity contribution >= 4 is 23.1 Å². The molecule has 0 spiro atoms. The molecular weight excluding hydrogens is 314 g/mol. The molecule has 0 aromatic carbocycles. The zero-order chi connectivity index (χ0) is 16.4. The maximum absolute atomic E-state index is 12.3. The largest absolute Gasteiger partial charge is 0.462 e. The summed E-state index contributed by atoms with van der Waals surface area (Å²) in [5, 5.41) is 0.462. The van der Waals surface area contributed by atoms with Gasteiger partial charge in [0.05, 0.1) is 17.9 Å². The highest BCUT2D eigenvalue weighted by Crippen LogP contribution is 2.42. The van der Waals surface area contributed by atoms with Gasteiger partial charge in [0.2, 0.25) is 0 Å². The van der Waals surface area contributed by atoms with Gasteiger partial charge in [-0.1, -0.05) is 11.3 Å². The molecule has 0 atom stereocenters. The molecule has 0 radical (unpaired) electrons. The first kappa shape index (κ1) is 15.7. The van der Waals surface area contributed by atoms with Crippen LogP contribution in [0.25, 0.3) is 0 Å². The average Bonchev–Trinajstić information content (AvgIpc) is 2.90. The maximum atomic E-state index is 12.3. The number of pyridine rings is 1. The molecule has 0 fully saturated rings. The lowest BCUT2D eigenvalue weighted by molar-refractivity contribution is 0.0531. The van der Waals surface area contributed by atoms with E-state index in [1.807, 2.05) is 6.92 Å². The van der Waals surface area contributed by atoms with Crippen LogP contribution < -0.4 is 4.74 Å². The van der Waals surface area contributed by atoms with Gasteiger partial charge in [0.15, 0.2) is 10.8 Å². The van der Waals surface area contributed by atoms with E-state index in [4.69, 9.17) is 9.47 Å². The number of hydrogen-bond donors (Lipinski definition) is 0. The molecule has 3 rings (SSSR count). The Labute approximate surface area is 138 Å². The SMILES string of the molecule is CCOC(=O)c1sc(Oc2cccnc2C)c2c1CCCC2=O. The molecular formula is C17H17NO4S. The molecule has 1 aliphatic rings. The van der Waals surface area contributed by atoms with Crippen LogP contribution in [-0.2, 0) is 11.2 Å². The van der Waals surface area contributed by atoms with Gasteiger partial charge >= 0.3 is 5.97 Å². The van der Waals surface area contributed by atoms with E-state index < -0.39 is 0 Å². The molecule has 2 heterocycles. The minimum absolute atomic E-state index is 0.0228. The zero-order valence-electron chi connectivity index (χ0n) is 13.0. The first-order chi connectivity index (χ1) is 11.1. The van der Waals surface area contributed by atoms with Gasteiger partial charge in [-0.2, -0.15) is 0 Å². The first-order valence-corrected chi connectivity index (χ1v) is 8.39. The lowest BCUT2D eigenvalue weighted by atomic mass is 9.92. The Morgan fingerprint density at radius 2 is 2.22 bits per heavy atom. The van der Waals surface area contributed by atoms with E-state index in [-0.39, 0.29) is 11.8 Å². The number of rotatable bonds is 4. The Morgan fingerprint density at radius 3 is 2.96 bits per heavy atom. The minimum Gasteiger partial charge on any atom is -0.462 e. The van der Waals surface area contributed by atoms with Gasteiger partial charge in [-0.05, 0) is 44.4 Å². The molecule has 23 heavy (non-hydrogen) atoms. The molecule has 0 aliphatic heterocycles. The highest BCUT2D eigenvalue weighted by atomic mass is 32.1. The third-order valence-electron chi connectivity index (χ3n) is 3.71. The molecule has 0 bridgehead atoms. The van der Waals surface area contributed by atoms with Gasteiger partial charge in [0.25, 0.3) is 0 Å². The standard InChI is InChI=1S/C17H17NO4S/c1-3-21-16(20)15-11-6-4-7-12(19)14(11)17(23-15)22-13-8-5-9-18-10(13)2/h5,8-9H,3-4,6-7H2,1-2H3. The van der Waals surface area contributed by atoms with Gasteiger partial charge in [-0.15, -0.1) is 0 Å². The number of ketones is 1. The Balaban J connectivity index is 2.05. The highest BCUT2D eigenvalue weighted by molar-refractivity contribution is 7.16. The van der Waals surface area contributed by atoms with Gasteiger partial charge in [-0.25, -0.2) is 4.79 Å². The summed E-state index contributed by atoms with van der Waals surface area (Å²) >= 11 is 1.19. The van der Waals surface area contributed by atoms with E-state index in [2.05, 4.69) is 4.98 Å². The van der Waals surface area contributed by atoms with Crippen molar-refractivity contribution in [2.45, 2.75) is 33.1 Å². The van der Waals surface area contributed by atoms with Crippen molar-refractivity contribution in [1.29, 1.82) is 0 Å². The molecule has 1 aliphatic carbocycles. The molecule has 0 amide bonds. The second-order valence-corrected chi connectivity index (χ2v) is 6.24. The summed E-state index contributed by atoms with van der Waals surface area (Å²) < 4.78 is 11.0. The van der Waals surface area contributed by atoms with E-state index >= 15 is 0 Å². The Hall–Kier alpha value is -2.21. The summed E-state index contributed by atoms with van der Waals surface area (Å²) in [6.45, 7) is 3.90. The average molecular weight is 331 g/mol. The summed E-state index contributed by atoms with van der Waals surface area (Å²) in [6, 6.07) is 3.57. The fourth-order valence-electron chi connectivity index (χ4n) is 2.62. The monoisotopic (exact) mass is 331 g/mol. The lowest BCUT2D eigenvalue weighted by Crippen LogP contribution is -2.13. The number of carbonyl (C=O) groups excluding carboxylic acids is 2. The summed E-state index contributed by atoms with van der Waals surface area (Å²) in [5.41, 5.74) is 2.03. The summed E-state index contributed by atoms with van der Waals surface area (Å²) in [6.07, 6.45) is 3.61. The van der Waals surface area contributed by atoms with Crippen molar-refractivity contribution in [3.63, 3.8) is 0 Å². The summed E-state index contributed by atoms with van der Waals surface area (Å²) in [7, 11) is 0. The van der Waals surface area contributed by atoms with Crippen LogP contribution in [0.3, 0.4) is 0 Å². The quantitative estimate of drug-likeness (QED) is 0.794. The number of nitrogens with zero attached hydrogens (tertiary/aromatic N) is 1. The van der Waals surface area contributed by atoms with Crippen molar-refractivity contribution < 1.29 is 19.1 Å². The predicted octanol–water partition coefficient (Wildman–Crippen LogP) is 3.94. The fraction of sp³-hybridized carbons (Fsp3) is 0.353. The number of ether oxygens (including phenoxy) is 2. The van der Waals surface area contributed by atoms with Crippen LogP contribution in [0, 0.1) is 6.92 Å². The number of fused-ring (bicyclic) bond motifs is 1. The Kier molecular flexibility index (Phi) is 4.43. The van der Waals surface area contributed by atoms with Crippen LogP contribution in [0.4, 0.5) is 0 Å². The third-order valence-corrected chi connectivity index (χ3v) is 4.80. The van der Waals surface area contributed by atoms with E-state index in [1.165, 1.54) is 11.3 Å². The maximum Gasteiger partial charge on any atom is 0.348 e. The number of esters is 1. The number of aromatic nitrogens is 1. The van der Waals surface area contributed by atoms with E-state index in [9.17, 15) is 9.59 Å². The van der Waals surface area contributed by atoms with Crippen LogP contribution in [0.15, 0.2) is 18.3 Å². The zero-order valence-corrected chi connectivity index (χ0v) is 13.9. The number of thiophene rings is 1. The van der Waals surface area contributed by atoms with Gasteiger partial charge in [-0.3, -0.25) is 9.78 Å². The van der Waals surface area contributed by atoms with Crippen LogP contribution in [0.1, 0.15) is 51.1 Å². The van der Waals surface area contributed by atoms with Crippen molar-refractivity contribution in [3.05, 3.63) is 40.0 Å². The van der Waals surface area contributed by atoms with Crippen LogP contribution >= 0.6 is 11.3 Å². The second-order valence-electron chi connectivity index (χ2n) is 5.26. The summed E-state index contributed by atoms with van der Waals surface area (Å²) in [4.78, 5) is 29.2. The number of aryl methyl sites for hydroxylation is 1. The van der Waals surface area contributed by atoms with Gasteiger partial charge in [0, 0.05) is 12.6 Å². The molecule has 2 aromatic rings. The predicted molar refractivity (Wildman–Crippen MR) is 86.6 cm³/mol. The van der Waals surface area contributed by atoms with Crippen LogP contribution in [-0.4, -0.2) is 23.3 Å². The minimum atomic E-state index is -0.388. The van der Waals surface area contributed by atoms with Crippen molar-refractivity contribution in [3.8, 4) is 10.8 Å².